The number of rotatable bonds is 7. The smallest absolute Gasteiger partial charge is 0.151 e. The third kappa shape index (κ3) is 5.74. The fourth-order valence-corrected chi connectivity index (χ4v) is 3.79. The minimum absolute atomic E-state index is 0.0388. The normalized spacial score (nSPS) is 22.1. The summed E-state index contributed by atoms with van der Waals surface area (Å²) in [5, 5.41) is 0. The molecule has 1 aromatic heterocycles. The van der Waals surface area contributed by atoms with Crippen molar-refractivity contribution in [1.82, 2.24) is 4.98 Å². The van der Waals surface area contributed by atoms with Crippen LogP contribution >= 0.6 is 0 Å². The van der Waals surface area contributed by atoms with Crippen molar-refractivity contribution in [3.05, 3.63) is 23.9 Å². The molecule has 136 valence electrons. The summed E-state index contributed by atoms with van der Waals surface area (Å²) in [6, 6.07) is 3.80. The molecule has 24 heavy (non-hydrogen) atoms. The second-order valence-electron chi connectivity index (χ2n) is 7.18. The molecule has 1 aliphatic rings. The van der Waals surface area contributed by atoms with E-state index in [-0.39, 0.29) is 18.0 Å². The number of pyridine rings is 1. The van der Waals surface area contributed by atoms with Crippen molar-refractivity contribution in [3.63, 3.8) is 0 Å². The van der Waals surface area contributed by atoms with Gasteiger partial charge >= 0.3 is 0 Å². The Morgan fingerprint density at radius 1 is 1.33 bits per heavy atom. The van der Waals surface area contributed by atoms with Gasteiger partial charge in [-0.05, 0) is 24.0 Å². The van der Waals surface area contributed by atoms with Crippen molar-refractivity contribution >= 4 is 15.7 Å². The van der Waals surface area contributed by atoms with E-state index in [1.807, 2.05) is 12.1 Å². The van der Waals surface area contributed by atoms with E-state index in [1.54, 1.807) is 6.20 Å². The summed E-state index contributed by atoms with van der Waals surface area (Å²) in [6.45, 7) is 8.25. The minimum atomic E-state index is -3.03. The Kier molecular flexibility index (Phi) is 6.63. The molecule has 0 N–H and O–H groups in total. The zero-order chi connectivity index (χ0) is 17.7. The first-order valence-electron chi connectivity index (χ1n) is 8.81. The lowest BCUT2D eigenvalue weighted by molar-refractivity contribution is -0.0521. The quantitative estimate of drug-likeness (QED) is 0.753. The maximum atomic E-state index is 11.4. The van der Waals surface area contributed by atoms with Crippen LogP contribution in [0.5, 0.6) is 0 Å². The summed E-state index contributed by atoms with van der Waals surface area (Å²) in [4.78, 5) is 6.78. The predicted octanol–water partition coefficient (Wildman–Crippen LogP) is 3.05. The van der Waals surface area contributed by atoms with E-state index < -0.39 is 9.84 Å². The first-order valence-corrected chi connectivity index (χ1v) is 10.9. The molecular formula is C18H30N2O3S. The SMILES string of the molecule is CCCC[C@@H]1CN(c2ccc(CS(C)(=O)=O)cn2)C[C@H](C(C)C)O1. The molecule has 0 saturated carbocycles. The molecule has 0 amide bonds. The molecular weight excluding hydrogens is 324 g/mol. The molecule has 6 heteroatoms. The maximum Gasteiger partial charge on any atom is 0.151 e. The third-order valence-corrected chi connectivity index (χ3v) is 5.23. The summed E-state index contributed by atoms with van der Waals surface area (Å²) in [5.41, 5.74) is 0.734. The van der Waals surface area contributed by atoms with E-state index in [9.17, 15) is 8.42 Å². The van der Waals surface area contributed by atoms with E-state index in [4.69, 9.17) is 4.74 Å². The molecule has 0 unspecified atom stereocenters. The van der Waals surface area contributed by atoms with E-state index in [2.05, 4.69) is 30.7 Å². The molecule has 1 aromatic rings. The lowest BCUT2D eigenvalue weighted by Gasteiger charge is -2.40. The summed E-state index contributed by atoms with van der Waals surface area (Å²) in [7, 11) is -3.03. The Balaban J connectivity index is 2.10. The first-order chi connectivity index (χ1) is 11.3. The standard InChI is InChI=1S/C18H30N2O3S/c1-5-6-7-16-11-20(12-17(23-16)14(2)3)18-9-8-15(10-19-18)13-24(4,21)22/h8-10,14,16-17H,5-7,11-13H2,1-4H3/t16-,17-/m1/s1. The van der Waals surface area contributed by atoms with Gasteiger partial charge in [-0.25, -0.2) is 13.4 Å². The van der Waals surface area contributed by atoms with Gasteiger partial charge in [0.1, 0.15) is 5.82 Å². The average molecular weight is 355 g/mol. The van der Waals surface area contributed by atoms with Gasteiger partial charge in [-0.2, -0.15) is 0 Å². The van der Waals surface area contributed by atoms with Crippen LogP contribution < -0.4 is 4.90 Å². The zero-order valence-electron chi connectivity index (χ0n) is 15.2. The van der Waals surface area contributed by atoms with E-state index >= 15 is 0 Å². The Hall–Kier alpha value is -1.14. The molecule has 0 radical (unpaired) electrons. The van der Waals surface area contributed by atoms with Crippen LogP contribution in [0.1, 0.15) is 45.6 Å². The van der Waals surface area contributed by atoms with Crippen molar-refractivity contribution in [1.29, 1.82) is 0 Å². The lowest BCUT2D eigenvalue weighted by atomic mass is 10.0. The van der Waals surface area contributed by atoms with Crippen molar-refractivity contribution in [3.8, 4) is 0 Å². The number of hydrogen-bond acceptors (Lipinski definition) is 5. The molecule has 5 nitrogen and oxygen atoms in total. The van der Waals surface area contributed by atoms with E-state index in [1.165, 1.54) is 19.1 Å². The summed E-state index contributed by atoms with van der Waals surface area (Å²) in [6.07, 6.45) is 6.78. The van der Waals surface area contributed by atoms with Crippen molar-refractivity contribution in [2.75, 3.05) is 24.2 Å². The number of aromatic nitrogens is 1. The number of morpholine rings is 1. The fraction of sp³-hybridized carbons (Fsp3) is 0.722. The Morgan fingerprint density at radius 2 is 2.08 bits per heavy atom. The molecule has 2 atom stereocenters. The van der Waals surface area contributed by atoms with Gasteiger partial charge in [-0.15, -0.1) is 0 Å². The Morgan fingerprint density at radius 3 is 2.62 bits per heavy atom. The fourth-order valence-electron chi connectivity index (χ4n) is 3.01. The van der Waals surface area contributed by atoms with Gasteiger partial charge in [0.25, 0.3) is 0 Å². The van der Waals surface area contributed by atoms with Crippen LogP contribution in [0.4, 0.5) is 5.82 Å². The Labute approximate surface area is 146 Å². The number of ether oxygens (including phenoxy) is 1. The van der Waals surface area contributed by atoms with Crippen LogP contribution in [0.3, 0.4) is 0 Å². The second kappa shape index (κ2) is 8.30. The topological polar surface area (TPSA) is 59.5 Å². The van der Waals surface area contributed by atoms with Crippen LogP contribution in [0.2, 0.25) is 0 Å². The van der Waals surface area contributed by atoms with E-state index in [0.717, 1.165) is 30.9 Å². The third-order valence-electron chi connectivity index (χ3n) is 4.38. The van der Waals surface area contributed by atoms with Gasteiger partial charge in [0, 0.05) is 25.5 Å². The molecule has 1 fully saturated rings. The number of anilines is 1. The van der Waals surface area contributed by atoms with Gasteiger partial charge in [-0.3, -0.25) is 0 Å². The Bertz CT molecular complexity index is 614. The van der Waals surface area contributed by atoms with Gasteiger partial charge in [-0.1, -0.05) is 39.7 Å². The number of unbranched alkanes of at least 4 members (excludes halogenated alkanes) is 1. The zero-order valence-corrected chi connectivity index (χ0v) is 16.1. The van der Waals surface area contributed by atoms with Crippen LogP contribution in [0.15, 0.2) is 18.3 Å². The van der Waals surface area contributed by atoms with Gasteiger partial charge in [0.15, 0.2) is 9.84 Å². The molecule has 2 rings (SSSR count). The van der Waals surface area contributed by atoms with Crippen molar-refractivity contribution in [2.24, 2.45) is 5.92 Å². The highest BCUT2D eigenvalue weighted by molar-refractivity contribution is 7.89. The van der Waals surface area contributed by atoms with Gasteiger partial charge < -0.3 is 9.64 Å². The molecule has 0 bridgehead atoms. The van der Waals surface area contributed by atoms with Crippen LogP contribution in [-0.2, 0) is 20.3 Å². The minimum Gasteiger partial charge on any atom is -0.371 e. The molecule has 0 aromatic carbocycles. The predicted molar refractivity (Wildman–Crippen MR) is 98.0 cm³/mol. The van der Waals surface area contributed by atoms with Crippen LogP contribution in [0, 0.1) is 5.92 Å². The van der Waals surface area contributed by atoms with Crippen molar-refractivity contribution in [2.45, 2.75) is 58.0 Å². The monoisotopic (exact) mass is 354 g/mol. The highest BCUT2D eigenvalue weighted by Gasteiger charge is 2.30. The largest absolute Gasteiger partial charge is 0.371 e. The molecule has 0 aliphatic carbocycles. The summed E-state index contributed by atoms with van der Waals surface area (Å²) in [5.74, 6) is 1.40. The first kappa shape index (κ1) is 19.2. The summed E-state index contributed by atoms with van der Waals surface area (Å²) >= 11 is 0. The number of hydrogen-bond donors (Lipinski definition) is 0. The molecule has 1 saturated heterocycles. The number of sulfone groups is 1. The highest BCUT2D eigenvalue weighted by Crippen LogP contribution is 2.24. The maximum absolute atomic E-state index is 11.4. The lowest BCUT2D eigenvalue weighted by Crippen LogP contribution is -2.49. The summed E-state index contributed by atoms with van der Waals surface area (Å²) < 4.78 is 29.0. The van der Waals surface area contributed by atoms with Crippen molar-refractivity contribution < 1.29 is 13.2 Å². The van der Waals surface area contributed by atoms with Gasteiger partial charge in [0.2, 0.25) is 0 Å². The molecule has 2 heterocycles. The van der Waals surface area contributed by atoms with Gasteiger partial charge in [0.05, 0.1) is 18.0 Å². The molecule has 0 spiro atoms. The average Bonchev–Trinajstić information content (AvgIpc) is 2.51. The van der Waals surface area contributed by atoms with E-state index in [0.29, 0.717) is 5.92 Å². The number of nitrogens with zero attached hydrogens (tertiary/aromatic N) is 2. The molecule has 1 aliphatic heterocycles. The second-order valence-corrected chi connectivity index (χ2v) is 9.32. The van der Waals surface area contributed by atoms with Crippen LogP contribution in [-0.4, -0.2) is 45.0 Å². The van der Waals surface area contributed by atoms with Crippen LogP contribution in [0.25, 0.3) is 0 Å². The highest BCUT2D eigenvalue weighted by atomic mass is 32.2.